The highest BCUT2D eigenvalue weighted by molar-refractivity contribution is 6.30. The number of aromatic nitrogens is 2. The van der Waals surface area contributed by atoms with Gasteiger partial charge < -0.3 is 10.4 Å². The van der Waals surface area contributed by atoms with Gasteiger partial charge in [0.1, 0.15) is 5.82 Å². The van der Waals surface area contributed by atoms with E-state index in [1.165, 1.54) is 12.1 Å². The first-order valence-electron chi connectivity index (χ1n) is 7.97. The van der Waals surface area contributed by atoms with Gasteiger partial charge in [0.2, 0.25) is 0 Å². The number of benzene rings is 2. The summed E-state index contributed by atoms with van der Waals surface area (Å²) in [6.45, 7) is -0.207. The first kappa shape index (κ1) is 19.7. The zero-order valence-electron chi connectivity index (χ0n) is 14.2. The second-order valence-electron chi connectivity index (χ2n) is 5.73. The summed E-state index contributed by atoms with van der Waals surface area (Å²) in [5, 5.41) is 18.0. The van der Waals surface area contributed by atoms with Gasteiger partial charge in [-0.05, 0) is 42.0 Å². The maximum absolute atomic E-state index is 13.1. The lowest BCUT2D eigenvalue weighted by Gasteiger charge is -2.10. The van der Waals surface area contributed by atoms with Crippen molar-refractivity contribution in [3.63, 3.8) is 0 Å². The van der Waals surface area contributed by atoms with E-state index in [1.54, 1.807) is 36.4 Å². The van der Waals surface area contributed by atoms with Crippen molar-refractivity contribution >= 4 is 29.1 Å². The Bertz CT molecular complexity index is 970. The van der Waals surface area contributed by atoms with Crippen LogP contribution in [0, 0.1) is 0 Å². The molecule has 0 atom stereocenters. The molecule has 28 heavy (non-hydrogen) atoms. The number of rotatable bonds is 4. The zero-order valence-corrected chi connectivity index (χ0v) is 14.9. The highest BCUT2D eigenvalue weighted by Crippen LogP contribution is 2.31. The van der Waals surface area contributed by atoms with Crippen LogP contribution < -0.4 is 10.6 Å². The molecule has 3 N–H and O–H groups in total. The minimum atomic E-state index is -4.68. The molecule has 146 valence electrons. The molecule has 2 amide bonds. The third kappa shape index (κ3) is 4.62. The monoisotopic (exact) mass is 410 g/mol. The van der Waals surface area contributed by atoms with Crippen molar-refractivity contribution in [2.75, 3.05) is 10.6 Å². The molecule has 0 aliphatic carbocycles. The number of carbonyl (C=O) groups is 1. The van der Waals surface area contributed by atoms with Gasteiger partial charge in [-0.1, -0.05) is 23.7 Å². The lowest BCUT2D eigenvalue weighted by Crippen LogP contribution is -2.21. The Balaban J connectivity index is 1.88. The molecule has 6 nitrogen and oxygen atoms in total. The second-order valence-corrected chi connectivity index (χ2v) is 6.17. The Hall–Kier alpha value is -3.04. The molecule has 0 saturated heterocycles. The SMILES string of the molecule is O=C(Nc1ccc(Cl)cc1)Nc1cc(C(F)(F)F)nn1-c1ccc(CO)cc1. The third-order valence-electron chi connectivity index (χ3n) is 3.71. The van der Waals surface area contributed by atoms with E-state index in [9.17, 15) is 18.0 Å². The smallest absolute Gasteiger partial charge is 0.392 e. The van der Waals surface area contributed by atoms with Gasteiger partial charge >= 0.3 is 12.2 Å². The van der Waals surface area contributed by atoms with E-state index in [0.29, 0.717) is 16.3 Å². The van der Waals surface area contributed by atoms with Gasteiger partial charge in [-0.15, -0.1) is 0 Å². The number of nitrogens with zero attached hydrogens (tertiary/aromatic N) is 2. The number of carbonyl (C=O) groups excluding carboxylic acids is 1. The molecular weight excluding hydrogens is 397 g/mol. The number of aliphatic hydroxyl groups is 1. The van der Waals surface area contributed by atoms with Crippen molar-refractivity contribution in [1.29, 1.82) is 0 Å². The first-order chi connectivity index (χ1) is 13.3. The number of urea groups is 1. The molecule has 2 aromatic carbocycles. The van der Waals surface area contributed by atoms with Crippen LogP contribution in [0.2, 0.25) is 5.02 Å². The van der Waals surface area contributed by atoms with Crippen molar-refractivity contribution in [3.8, 4) is 5.69 Å². The molecule has 10 heteroatoms. The molecule has 3 rings (SSSR count). The molecule has 0 aliphatic rings. The zero-order chi connectivity index (χ0) is 20.3. The van der Waals surface area contributed by atoms with Gasteiger partial charge in [-0.25, -0.2) is 9.48 Å². The molecule has 3 aromatic rings. The molecule has 0 radical (unpaired) electrons. The predicted octanol–water partition coefficient (Wildman–Crippen LogP) is 4.68. The predicted molar refractivity (Wildman–Crippen MR) is 98.6 cm³/mol. The Labute approximate surface area is 162 Å². The number of aliphatic hydroxyl groups excluding tert-OH is 1. The molecule has 0 saturated carbocycles. The summed E-state index contributed by atoms with van der Waals surface area (Å²) in [5.74, 6) is -0.171. The Morgan fingerprint density at radius 2 is 1.71 bits per heavy atom. The maximum Gasteiger partial charge on any atom is 0.435 e. The number of alkyl halides is 3. The molecule has 0 unspecified atom stereocenters. The first-order valence-corrected chi connectivity index (χ1v) is 8.35. The van der Waals surface area contributed by atoms with Crippen LogP contribution in [0.4, 0.5) is 29.5 Å². The number of amides is 2. The van der Waals surface area contributed by atoms with Crippen molar-refractivity contribution < 1.29 is 23.1 Å². The highest BCUT2D eigenvalue weighted by atomic mass is 35.5. The molecular formula is C18H14ClF3N4O2. The van der Waals surface area contributed by atoms with E-state index in [1.807, 2.05) is 0 Å². The van der Waals surface area contributed by atoms with Crippen LogP contribution >= 0.6 is 11.6 Å². The van der Waals surface area contributed by atoms with Crippen LogP contribution in [-0.4, -0.2) is 20.9 Å². The minimum Gasteiger partial charge on any atom is -0.392 e. The van der Waals surface area contributed by atoms with Gasteiger partial charge in [-0.3, -0.25) is 5.32 Å². The Morgan fingerprint density at radius 3 is 2.29 bits per heavy atom. The van der Waals surface area contributed by atoms with Gasteiger partial charge in [0, 0.05) is 16.8 Å². The summed E-state index contributed by atoms with van der Waals surface area (Å²) in [7, 11) is 0. The van der Waals surface area contributed by atoms with Crippen molar-refractivity contribution in [2.45, 2.75) is 12.8 Å². The average Bonchev–Trinajstić information content (AvgIpc) is 3.08. The van der Waals surface area contributed by atoms with Crippen LogP contribution in [-0.2, 0) is 12.8 Å². The normalized spacial score (nSPS) is 11.3. The molecule has 1 heterocycles. The van der Waals surface area contributed by atoms with E-state index in [-0.39, 0.29) is 18.1 Å². The molecule has 0 bridgehead atoms. The highest BCUT2D eigenvalue weighted by Gasteiger charge is 2.35. The molecule has 1 aromatic heterocycles. The summed E-state index contributed by atoms with van der Waals surface area (Å²) in [6, 6.07) is 12.3. The topological polar surface area (TPSA) is 79.2 Å². The largest absolute Gasteiger partial charge is 0.435 e. The lowest BCUT2D eigenvalue weighted by molar-refractivity contribution is -0.141. The van der Waals surface area contributed by atoms with Gasteiger partial charge in [-0.2, -0.15) is 18.3 Å². The Kier molecular flexibility index (Phi) is 5.57. The van der Waals surface area contributed by atoms with Crippen LogP contribution in [0.3, 0.4) is 0 Å². The van der Waals surface area contributed by atoms with E-state index in [2.05, 4.69) is 15.7 Å². The average molecular weight is 411 g/mol. The van der Waals surface area contributed by atoms with Gasteiger partial charge in [0.05, 0.1) is 12.3 Å². The summed E-state index contributed by atoms with van der Waals surface area (Å²) in [4.78, 5) is 12.2. The fourth-order valence-electron chi connectivity index (χ4n) is 2.36. The number of hydrogen-bond donors (Lipinski definition) is 3. The number of anilines is 2. The molecule has 0 spiro atoms. The van der Waals surface area contributed by atoms with Crippen LogP contribution in [0.25, 0.3) is 5.69 Å². The van der Waals surface area contributed by atoms with Crippen molar-refractivity contribution in [1.82, 2.24) is 9.78 Å². The summed E-state index contributed by atoms with van der Waals surface area (Å²) >= 11 is 5.77. The Morgan fingerprint density at radius 1 is 1.07 bits per heavy atom. The third-order valence-corrected chi connectivity index (χ3v) is 3.96. The molecule has 0 aliphatic heterocycles. The molecule has 0 fully saturated rings. The van der Waals surface area contributed by atoms with E-state index >= 15 is 0 Å². The number of halogens is 4. The summed E-state index contributed by atoms with van der Waals surface area (Å²) in [6.07, 6.45) is -4.68. The van der Waals surface area contributed by atoms with Crippen LogP contribution in [0.1, 0.15) is 11.3 Å². The van der Waals surface area contributed by atoms with Gasteiger partial charge in [0.25, 0.3) is 0 Å². The quantitative estimate of drug-likeness (QED) is 0.584. The minimum absolute atomic E-state index is 0.171. The fourth-order valence-corrected chi connectivity index (χ4v) is 2.49. The standard InChI is InChI=1S/C18H14ClF3N4O2/c19-12-3-5-13(6-4-12)23-17(28)24-16-9-15(18(20,21)22)25-26(16)14-7-1-11(10-27)2-8-14/h1-9,27H,10H2,(H2,23,24,28). The summed E-state index contributed by atoms with van der Waals surface area (Å²) < 4.78 is 40.2. The van der Waals surface area contributed by atoms with Gasteiger partial charge in [0.15, 0.2) is 5.69 Å². The maximum atomic E-state index is 13.1. The lowest BCUT2D eigenvalue weighted by atomic mass is 10.2. The van der Waals surface area contributed by atoms with Crippen molar-refractivity contribution in [2.24, 2.45) is 0 Å². The van der Waals surface area contributed by atoms with Crippen molar-refractivity contribution in [3.05, 3.63) is 70.9 Å². The van der Waals surface area contributed by atoms with Crippen LogP contribution in [0.5, 0.6) is 0 Å². The van der Waals surface area contributed by atoms with Crippen LogP contribution in [0.15, 0.2) is 54.6 Å². The second kappa shape index (κ2) is 7.91. The van der Waals surface area contributed by atoms with E-state index < -0.39 is 17.9 Å². The summed E-state index contributed by atoms with van der Waals surface area (Å²) in [5.41, 5.74) is 0.133. The van der Waals surface area contributed by atoms with E-state index in [4.69, 9.17) is 16.7 Å². The fraction of sp³-hybridized carbons (Fsp3) is 0.111. The number of nitrogens with one attached hydrogen (secondary N) is 2. The van der Waals surface area contributed by atoms with E-state index in [0.717, 1.165) is 10.7 Å². The number of hydrogen-bond acceptors (Lipinski definition) is 3.